The number of hydrogen-bond donors (Lipinski definition) is 0. The summed E-state index contributed by atoms with van der Waals surface area (Å²) in [5.41, 5.74) is 2.33. The normalized spacial score (nSPS) is 12.8. The highest BCUT2D eigenvalue weighted by Crippen LogP contribution is 2.35. The maximum absolute atomic E-state index is 9.07. The maximum atomic E-state index is 9.07. The Kier molecular flexibility index (Phi) is 2.58. The van der Waals surface area contributed by atoms with Crippen molar-refractivity contribution in [1.29, 1.82) is 5.26 Å². The van der Waals surface area contributed by atoms with Gasteiger partial charge in [0.25, 0.3) is 0 Å². The lowest BCUT2D eigenvalue weighted by Crippen LogP contribution is -2.15. The van der Waals surface area contributed by atoms with Crippen LogP contribution in [0.2, 0.25) is 0 Å². The van der Waals surface area contributed by atoms with Gasteiger partial charge in [-0.3, -0.25) is 4.98 Å². The minimum absolute atomic E-state index is 0.550. The number of fused-ring (bicyclic) bond motifs is 1. The van der Waals surface area contributed by atoms with E-state index in [1.54, 1.807) is 12.4 Å². The van der Waals surface area contributed by atoms with Crippen LogP contribution in [0.1, 0.15) is 5.56 Å². The van der Waals surface area contributed by atoms with Gasteiger partial charge in [0.05, 0.1) is 5.56 Å². The van der Waals surface area contributed by atoms with Crippen LogP contribution in [0.25, 0.3) is 11.1 Å². The highest BCUT2D eigenvalue weighted by atomic mass is 16.6. The molecule has 2 heterocycles. The van der Waals surface area contributed by atoms with Crippen molar-refractivity contribution in [2.75, 3.05) is 13.2 Å². The SMILES string of the molecule is N#Cc1cnccc1-c1ccc2c(c1)OCCO2. The van der Waals surface area contributed by atoms with Gasteiger partial charge in [-0.05, 0) is 23.8 Å². The molecule has 0 aliphatic carbocycles. The zero-order chi connectivity index (χ0) is 12.4. The molecule has 0 atom stereocenters. The van der Waals surface area contributed by atoms with Gasteiger partial charge in [-0.1, -0.05) is 6.07 Å². The van der Waals surface area contributed by atoms with Crippen LogP contribution in [0, 0.1) is 11.3 Å². The molecule has 0 amide bonds. The molecular weight excluding hydrogens is 228 g/mol. The van der Waals surface area contributed by atoms with Gasteiger partial charge < -0.3 is 9.47 Å². The van der Waals surface area contributed by atoms with Crippen LogP contribution in [0.5, 0.6) is 11.5 Å². The fourth-order valence-electron chi connectivity index (χ4n) is 1.95. The summed E-state index contributed by atoms with van der Waals surface area (Å²) in [4.78, 5) is 3.95. The summed E-state index contributed by atoms with van der Waals surface area (Å²) in [6, 6.07) is 9.64. The molecule has 1 aromatic heterocycles. The Morgan fingerprint density at radius 2 is 1.94 bits per heavy atom. The first kappa shape index (κ1) is 10.6. The molecule has 4 nitrogen and oxygen atoms in total. The fourth-order valence-corrected chi connectivity index (χ4v) is 1.95. The number of hydrogen-bond acceptors (Lipinski definition) is 4. The summed E-state index contributed by atoms with van der Waals surface area (Å²) in [5, 5.41) is 9.07. The molecule has 0 unspecified atom stereocenters. The lowest BCUT2D eigenvalue weighted by Gasteiger charge is -2.19. The molecule has 1 aliphatic rings. The minimum atomic E-state index is 0.550. The van der Waals surface area contributed by atoms with Crippen LogP contribution in [-0.4, -0.2) is 18.2 Å². The van der Waals surface area contributed by atoms with E-state index in [0.717, 1.165) is 22.6 Å². The minimum Gasteiger partial charge on any atom is -0.486 e. The number of nitrogens with zero attached hydrogens (tertiary/aromatic N) is 2. The molecule has 4 heteroatoms. The van der Waals surface area contributed by atoms with E-state index in [9.17, 15) is 0 Å². The molecule has 3 rings (SSSR count). The summed E-state index contributed by atoms with van der Waals surface area (Å²) < 4.78 is 11.0. The molecule has 0 N–H and O–H groups in total. The second-order valence-electron chi connectivity index (χ2n) is 3.89. The number of benzene rings is 1. The van der Waals surface area contributed by atoms with Gasteiger partial charge in [-0.25, -0.2) is 0 Å². The van der Waals surface area contributed by atoms with E-state index >= 15 is 0 Å². The van der Waals surface area contributed by atoms with E-state index < -0.39 is 0 Å². The second-order valence-corrected chi connectivity index (χ2v) is 3.89. The summed E-state index contributed by atoms with van der Waals surface area (Å²) >= 11 is 0. The third-order valence-corrected chi connectivity index (χ3v) is 2.79. The Morgan fingerprint density at radius 3 is 2.78 bits per heavy atom. The number of aromatic nitrogens is 1. The van der Waals surface area contributed by atoms with Gasteiger partial charge in [-0.15, -0.1) is 0 Å². The molecular formula is C14H10N2O2. The van der Waals surface area contributed by atoms with Crippen molar-refractivity contribution in [3.05, 3.63) is 42.2 Å². The molecule has 1 aliphatic heterocycles. The second kappa shape index (κ2) is 4.38. The first-order valence-electron chi connectivity index (χ1n) is 5.62. The molecule has 0 fully saturated rings. The average molecular weight is 238 g/mol. The van der Waals surface area contributed by atoms with E-state index in [2.05, 4.69) is 11.1 Å². The van der Waals surface area contributed by atoms with Crippen molar-refractivity contribution in [1.82, 2.24) is 4.98 Å². The monoisotopic (exact) mass is 238 g/mol. The Morgan fingerprint density at radius 1 is 1.11 bits per heavy atom. The van der Waals surface area contributed by atoms with Crippen molar-refractivity contribution in [2.24, 2.45) is 0 Å². The predicted molar refractivity (Wildman–Crippen MR) is 65.4 cm³/mol. The Labute approximate surface area is 104 Å². The predicted octanol–water partition coefficient (Wildman–Crippen LogP) is 2.39. The maximum Gasteiger partial charge on any atom is 0.161 e. The largest absolute Gasteiger partial charge is 0.486 e. The standard InChI is InChI=1S/C14H10N2O2/c15-8-11-9-16-4-3-12(11)10-1-2-13-14(7-10)18-6-5-17-13/h1-4,7,9H,5-6H2. The smallest absolute Gasteiger partial charge is 0.161 e. The third-order valence-electron chi connectivity index (χ3n) is 2.79. The van der Waals surface area contributed by atoms with Crippen LogP contribution in [0.4, 0.5) is 0 Å². The first-order chi connectivity index (χ1) is 8.88. The Bertz CT molecular complexity index is 632. The van der Waals surface area contributed by atoms with Crippen molar-refractivity contribution >= 4 is 0 Å². The average Bonchev–Trinajstić information content (AvgIpc) is 2.46. The van der Waals surface area contributed by atoms with Crippen molar-refractivity contribution in [3.63, 3.8) is 0 Å². The van der Waals surface area contributed by atoms with E-state index in [1.165, 1.54) is 0 Å². The number of nitriles is 1. The van der Waals surface area contributed by atoms with Gasteiger partial charge in [0.1, 0.15) is 19.3 Å². The van der Waals surface area contributed by atoms with E-state index in [-0.39, 0.29) is 0 Å². The molecule has 88 valence electrons. The first-order valence-corrected chi connectivity index (χ1v) is 5.62. The van der Waals surface area contributed by atoms with Crippen LogP contribution in [0.3, 0.4) is 0 Å². The summed E-state index contributed by atoms with van der Waals surface area (Å²) in [6.07, 6.45) is 3.24. The summed E-state index contributed by atoms with van der Waals surface area (Å²) in [5.74, 6) is 1.47. The summed E-state index contributed by atoms with van der Waals surface area (Å²) in [6.45, 7) is 1.13. The quantitative estimate of drug-likeness (QED) is 0.765. The van der Waals surface area contributed by atoms with Crippen LogP contribution < -0.4 is 9.47 Å². The number of ether oxygens (including phenoxy) is 2. The molecule has 0 radical (unpaired) electrons. The zero-order valence-electron chi connectivity index (χ0n) is 9.59. The van der Waals surface area contributed by atoms with Gasteiger partial charge in [0, 0.05) is 18.0 Å². The molecule has 18 heavy (non-hydrogen) atoms. The van der Waals surface area contributed by atoms with E-state index in [0.29, 0.717) is 18.8 Å². The molecule has 2 aromatic rings. The van der Waals surface area contributed by atoms with Crippen LogP contribution >= 0.6 is 0 Å². The van der Waals surface area contributed by atoms with Crippen molar-refractivity contribution in [2.45, 2.75) is 0 Å². The topological polar surface area (TPSA) is 55.1 Å². The van der Waals surface area contributed by atoms with Gasteiger partial charge >= 0.3 is 0 Å². The highest BCUT2D eigenvalue weighted by molar-refractivity contribution is 5.72. The molecule has 0 saturated heterocycles. The third kappa shape index (κ3) is 1.76. The lowest BCUT2D eigenvalue weighted by atomic mass is 10.0. The Hall–Kier alpha value is -2.54. The lowest BCUT2D eigenvalue weighted by molar-refractivity contribution is 0.171. The molecule has 1 aromatic carbocycles. The number of pyridine rings is 1. The summed E-state index contributed by atoms with van der Waals surface area (Å²) in [7, 11) is 0. The fraction of sp³-hybridized carbons (Fsp3) is 0.143. The van der Waals surface area contributed by atoms with Crippen LogP contribution in [-0.2, 0) is 0 Å². The Balaban J connectivity index is 2.10. The molecule has 0 bridgehead atoms. The number of rotatable bonds is 1. The van der Waals surface area contributed by atoms with Gasteiger partial charge in [-0.2, -0.15) is 5.26 Å². The molecule has 0 saturated carbocycles. The van der Waals surface area contributed by atoms with Crippen molar-refractivity contribution in [3.8, 4) is 28.7 Å². The van der Waals surface area contributed by atoms with Crippen molar-refractivity contribution < 1.29 is 9.47 Å². The van der Waals surface area contributed by atoms with E-state index in [1.807, 2.05) is 24.3 Å². The molecule has 0 spiro atoms. The zero-order valence-corrected chi connectivity index (χ0v) is 9.59. The van der Waals surface area contributed by atoms with E-state index in [4.69, 9.17) is 14.7 Å². The van der Waals surface area contributed by atoms with Gasteiger partial charge in [0.2, 0.25) is 0 Å². The van der Waals surface area contributed by atoms with Crippen LogP contribution in [0.15, 0.2) is 36.7 Å². The highest BCUT2D eigenvalue weighted by Gasteiger charge is 2.13. The van der Waals surface area contributed by atoms with Gasteiger partial charge in [0.15, 0.2) is 11.5 Å².